The van der Waals surface area contributed by atoms with E-state index in [0.717, 1.165) is 0 Å². The summed E-state index contributed by atoms with van der Waals surface area (Å²) in [5.41, 5.74) is 2.02. The first-order valence-electron chi connectivity index (χ1n) is 4.90. The van der Waals surface area contributed by atoms with E-state index >= 15 is 0 Å². The van der Waals surface area contributed by atoms with Crippen LogP contribution in [-0.2, 0) is 0 Å². The standard InChI is InChI=1S/C11H8N2O3S2/c1-17-11-10(18-6-12-11)9(14)7-2-4-8(5-3-7)13(15)16/h2-6H,1H3. The summed E-state index contributed by atoms with van der Waals surface area (Å²) >= 11 is 2.68. The van der Waals surface area contributed by atoms with Crippen molar-refractivity contribution in [2.24, 2.45) is 0 Å². The van der Waals surface area contributed by atoms with Gasteiger partial charge < -0.3 is 0 Å². The van der Waals surface area contributed by atoms with Crippen molar-refractivity contribution in [1.29, 1.82) is 0 Å². The van der Waals surface area contributed by atoms with Gasteiger partial charge in [0.2, 0.25) is 5.78 Å². The molecule has 2 aromatic rings. The van der Waals surface area contributed by atoms with E-state index in [1.54, 1.807) is 5.51 Å². The van der Waals surface area contributed by atoms with Gasteiger partial charge in [-0.25, -0.2) is 4.98 Å². The Kier molecular flexibility index (Phi) is 3.73. The third-order valence-corrected chi connectivity index (χ3v) is 3.93. The summed E-state index contributed by atoms with van der Waals surface area (Å²) < 4.78 is 0. The molecule has 0 saturated heterocycles. The van der Waals surface area contributed by atoms with Crippen molar-refractivity contribution < 1.29 is 9.72 Å². The summed E-state index contributed by atoms with van der Waals surface area (Å²) in [6.07, 6.45) is 1.85. The number of ketones is 1. The molecule has 0 aliphatic rings. The van der Waals surface area contributed by atoms with Gasteiger partial charge in [-0.3, -0.25) is 14.9 Å². The van der Waals surface area contributed by atoms with E-state index in [0.29, 0.717) is 15.5 Å². The zero-order chi connectivity index (χ0) is 13.1. The molecule has 5 nitrogen and oxygen atoms in total. The van der Waals surface area contributed by atoms with Gasteiger partial charge in [0.1, 0.15) is 9.90 Å². The van der Waals surface area contributed by atoms with Crippen molar-refractivity contribution in [1.82, 2.24) is 4.98 Å². The lowest BCUT2D eigenvalue weighted by Crippen LogP contribution is -2.00. The molecule has 0 N–H and O–H groups in total. The molecule has 18 heavy (non-hydrogen) atoms. The predicted octanol–water partition coefficient (Wildman–Crippen LogP) is 3.00. The average Bonchev–Trinajstić information content (AvgIpc) is 2.86. The minimum atomic E-state index is -0.492. The Labute approximate surface area is 111 Å². The smallest absolute Gasteiger partial charge is 0.269 e. The highest BCUT2D eigenvalue weighted by Gasteiger charge is 2.17. The Hall–Kier alpha value is -1.73. The number of nitrogens with zero attached hydrogens (tertiary/aromatic N) is 2. The molecule has 1 aromatic carbocycles. The Morgan fingerprint density at radius 1 is 1.39 bits per heavy atom. The van der Waals surface area contributed by atoms with Crippen LogP contribution in [0.3, 0.4) is 0 Å². The second-order valence-corrected chi connectivity index (χ2v) is 4.97. The first kappa shape index (κ1) is 12.7. The van der Waals surface area contributed by atoms with Gasteiger partial charge >= 0.3 is 0 Å². The fourth-order valence-electron chi connectivity index (χ4n) is 1.40. The quantitative estimate of drug-likeness (QED) is 0.372. The van der Waals surface area contributed by atoms with Crippen LogP contribution in [0.2, 0.25) is 0 Å². The van der Waals surface area contributed by atoms with Crippen LogP contribution >= 0.6 is 23.1 Å². The topological polar surface area (TPSA) is 73.1 Å². The van der Waals surface area contributed by atoms with E-state index < -0.39 is 4.92 Å². The van der Waals surface area contributed by atoms with E-state index in [1.165, 1.54) is 47.4 Å². The number of aromatic nitrogens is 1. The summed E-state index contributed by atoms with van der Waals surface area (Å²) in [5, 5.41) is 11.2. The molecule has 0 aliphatic heterocycles. The van der Waals surface area contributed by atoms with E-state index in [1.807, 2.05) is 6.26 Å². The molecule has 92 valence electrons. The molecule has 0 fully saturated rings. The number of hydrogen-bond donors (Lipinski definition) is 0. The molecule has 0 saturated carbocycles. The zero-order valence-electron chi connectivity index (χ0n) is 9.32. The van der Waals surface area contributed by atoms with Gasteiger partial charge in [0.15, 0.2) is 0 Å². The van der Waals surface area contributed by atoms with E-state index in [-0.39, 0.29) is 11.5 Å². The summed E-state index contributed by atoms with van der Waals surface area (Å²) in [4.78, 5) is 26.8. The number of nitro groups is 1. The number of thioether (sulfide) groups is 1. The molecule has 0 unspecified atom stereocenters. The Morgan fingerprint density at radius 3 is 2.61 bits per heavy atom. The maximum absolute atomic E-state index is 12.2. The Balaban J connectivity index is 2.32. The second-order valence-electron chi connectivity index (χ2n) is 3.32. The van der Waals surface area contributed by atoms with E-state index in [9.17, 15) is 14.9 Å². The number of non-ortho nitro benzene ring substituents is 1. The average molecular weight is 280 g/mol. The molecule has 0 radical (unpaired) electrons. The number of carbonyl (C=O) groups excluding carboxylic acids is 1. The van der Waals surface area contributed by atoms with Gasteiger partial charge in [0, 0.05) is 17.7 Å². The first-order valence-corrected chi connectivity index (χ1v) is 7.00. The lowest BCUT2D eigenvalue weighted by molar-refractivity contribution is -0.384. The lowest BCUT2D eigenvalue weighted by atomic mass is 10.1. The van der Waals surface area contributed by atoms with Crippen LogP contribution < -0.4 is 0 Å². The maximum Gasteiger partial charge on any atom is 0.269 e. The van der Waals surface area contributed by atoms with Crippen molar-refractivity contribution in [3.63, 3.8) is 0 Å². The molecule has 1 aromatic heterocycles. The lowest BCUT2D eigenvalue weighted by Gasteiger charge is -1.99. The van der Waals surface area contributed by atoms with Gasteiger partial charge in [0.25, 0.3) is 5.69 Å². The molecular formula is C11H8N2O3S2. The van der Waals surface area contributed by atoms with Crippen LogP contribution in [0.15, 0.2) is 34.8 Å². The van der Waals surface area contributed by atoms with E-state index in [2.05, 4.69) is 4.98 Å². The van der Waals surface area contributed by atoms with Gasteiger partial charge in [0.05, 0.1) is 10.4 Å². The molecule has 2 rings (SSSR count). The van der Waals surface area contributed by atoms with Gasteiger partial charge in [-0.1, -0.05) is 0 Å². The highest BCUT2D eigenvalue weighted by atomic mass is 32.2. The molecule has 0 amide bonds. The van der Waals surface area contributed by atoms with Crippen molar-refractivity contribution in [3.05, 3.63) is 50.3 Å². The second kappa shape index (κ2) is 5.28. The van der Waals surface area contributed by atoms with Crippen LogP contribution in [0.4, 0.5) is 5.69 Å². The number of rotatable bonds is 4. The maximum atomic E-state index is 12.2. The highest BCUT2D eigenvalue weighted by molar-refractivity contribution is 7.98. The summed E-state index contributed by atoms with van der Waals surface area (Å²) in [7, 11) is 0. The van der Waals surface area contributed by atoms with Crippen LogP contribution in [0, 0.1) is 10.1 Å². The van der Waals surface area contributed by atoms with E-state index in [4.69, 9.17) is 0 Å². The van der Waals surface area contributed by atoms with Crippen molar-refractivity contribution in [2.45, 2.75) is 5.03 Å². The van der Waals surface area contributed by atoms with Crippen LogP contribution in [-0.4, -0.2) is 21.9 Å². The Morgan fingerprint density at radius 2 is 2.06 bits per heavy atom. The zero-order valence-corrected chi connectivity index (χ0v) is 11.0. The summed E-state index contributed by atoms with van der Waals surface area (Å²) in [6.45, 7) is 0. The number of nitro benzene ring substituents is 1. The predicted molar refractivity (Wildman–Crippen MR) is 70.4 cm³/mol. The molecule has 0 atom stereocenters. The monoisotopic (exact) mass is 280 g/mol. The number of benzene rings is 1. The van der Waals surface area contributed by atoms with Crippen molar-refractivity contribution in [2.75, 3.05) is 6.26 Å². The largest absolute Gasteiger partial charge is 0.288 e. The molecule has 0 spiro atoms. The molecule has 7 heteroatoms. The third kappa shape index (κ3) is 2.41. The first-order chi connectivity index (χ1) is 8.63. The highest BCUT2D eigenvalue weighted by Crippen LogP contribution is 2.25. The number of hydrogen-bond acceptors (Lipinski definition) is 6. The number of thiazole rings is 1. The van der Waals surface area contributed by atoms with Gasteiger partial charge in [-0.15, -0.1) is 23.1 Å². The normalized spacial score (nSPS) is 10.3. The van der Waals surface area contributed by atoms with Gasteiger partial charge in [-0.05, 0) is 18.4 Å². The Bertz CT molecular complexity index is 593. The molecule has 0 bridgehead atoms. The van der Waals surface area contributed by atoms with Crippen molar-refractivity contribution in [3.8, 4) is 0 Å². The molecular weight excluding hydrogens is 272 g/mol. The molecule has 1 heterocycles. The number of carbonyl (C=O) groups is 1. The van der Waals surface area contributed by atoms with Crippen LogP contribution in [0.25, 0.3) is 0 Å². The van der Waals surface area contributed by atoms with Gasteiger partial charge in [-0.2, -0.15) is 0 Å². The SMILES string of the molecule is CSc1ncsc1C(=O)c1ccc([N+](=O)[O-])cc1. The minimum Gasteiger partial charge on any atom is -0.288 e. The third-order valence-electron chi connectivity index (χ3n) is 2.27. The minimum absolute atomic E-state index is 0.0269. The summed E-state index contributed by atoms with van der Waals surface area (Å²) in [5.74, 6) is -0.156. The van der Waals surface area contributed by atoms with Crippen molar-refractivity contribution >= 4 is 34.6 Å². The van der Waals surface area contributed by atoms with Crippen LogP contribution in [0.5, 0.6) is 0 Å². The molecule has 0 aliphatic carbocycles. The van der Waals surface area contributed by atoms with Crippen LogP contribution in [0.1, 0.15) is 15.2 Å². The summed E-state index contributed by atoms with van der Waals surface area (Å²) in [6, 6.07) is 5.58. The fourth-order valence-corrected chi connectivity index (χ4v) is 2.94. The fraction of sp³-hybridized carbons (Fsp3) is 0.0909.